The molecule has 0 spiro atoms. The van der Waals surface area contributed by atoms with Gasteiger partial charge < -0.3 is 9.84 Å². The predicted octanol–water partition coefficient (Wildman–Crippen LogP) is 1.51. The van der Waals surface area contributed by atoms with Crippen molar-refractivity contribution in [2.75, 3.05) is 7.11 Å². The molecule has 1 fully saturated rings. The number of hydrogen-bond donors (Lipinski definition) is 1. The predicted molar refractivity (Wildman–Crippen MR) is 45.8 cm³/mol. The Morgan fingerprint density at radius 1 is 1.42 bits per heavy atom. The van der Waals surface area contributed by atoms with Gasteiger partial charge in [-0.1, -0.05) is 30.3 Å². The highest BCUT2D eigenvalue weighted by Gasteiger charge is 2.54. The molecule has 0 aromatic heterocycles. The van der Waals surface area contributed by atoms with Gasteiger partial charge in [-0.3, -0.25) is 0 Å². The van der Waals surface area contributed by atoms with Crippen LogP contribution in [0.5, 0.6) is 0 Å². The Hall–Kier alpha value is -0.860. The number of ether oxygens (including phenoxy) is 1. The van der Waals surface area contributed by atoms with Crippen molar-refractivity contribution in [2.45, 2.75) is 18.1 Å². The third kappa shape index (κ3) is 1.13. The Bertz CT molecular complexity index is 270. The van der Waals surface area contributed by atoms with Crippen LogP contribution < -0.4 is 0 Å². The molecule has 0 heterocycles. The topological polar surface area (TPSA) is 29.5 Å². The van der Waals surface area contributed by atoms with E-state index in [0.29, 0.717) is 6.42 Å². The van der Waals surface area contributed by atoms with Gasteiger partial charge in [-0.15, -0.1) is 0 Å². The Balaban J connectivity index is 2.16. The van der Waals surface area contributed by atoms with Crippen LogP contribution in [-0.2, 0) is 4.74 Å². The van der Waals surface area contributed by atoms with E-state index in [4.69, 9.17) is 4.74 Å². The summed E-state index contributed by atoms with van der Waals surface area (Å²) in [5, 5.41) is 9.63. The van der Waals surface area contributed by atoms with Crippen LogP contribution in [0.2, 0.25) is 0 Å². The minimum atomic E-state index is -0.888. The first-order chi connectivity index (χ1) is 5.76. The van der Waals surface area contributed by atoms with Crippen molar-refractivity contribution in [3.05, 3.63) is 35.9 Å². The van der Waals surface area contributed by atoms with Gasteiger partial charge in [0.2, 0.25) is 0 Å². The third-order valence-corrected chi connectivity index (χ3v) is 2.44. The molecule has 1 saturated carbocycles. The molecule has 64 valence electrons. The normalized spacial score (nSPS) is 33.3. The van der Waals surface area contributed by atoms with E-state index in [2.05, 4.69) is 0 Å². The van der Waals surface area contributed by atoms with E-state index < -0.39 is 5.79 Å². The van der Waals surface area contributed by atoms with Gasteiger partial charge in [0.15, 0.2) is 5.79 Å². The lowest BCUT2D eigenvalue weighted by Gasteiger charge is -2.06. The quantitative estimate of drug-likeness (QED) is 0.671. The summed E-state index contributed by atoms with van der Waals surface area (Å²) in [6, 6.07) is 9.95. The maximum Gasteiger partial charge on any atom is 0.172 e. The zero-order chi connectivity index (χ0) is 8.60. The first kappa shape index (κ1) is 7.77. The molecule has 2 nitrogen and oxygen atoms in total. The number of aliphatic hydroxyl groups is 1. The standard InChI is InChI=1S/C10H12O2/c1-12-10(11)7-9(10)8-5-3-2-4-6-8/h2-6,9,11H,7H2,1H3/t9-,10-/m0/s1. The first-order valence-electron chi connectivity index (χ1n) is 4.09. The summed E-state index contributed by atoms with van der Waals surface area (Å²) in [6.45, 7) is 0. The lowest BCUT2D eigenvalue weighted by atomic mass is 10.1. The van der Waals surface area contributed by atoms with E-state index in [0.717, 1.165) is 5.56 Å². The molecule has 2 heteroatoms. The van der Waals surface area contributed by atoms with E-state index in [-0.39, 0.29) is 5.92 Å². The van der Waals surface area contributed by atoms with Crippen LogP contribution in [0.25, 0.3) is 0 Å². The number of hydrogen-bond acceptors (Lipinski definition) is 2. The summed E-state index contributed by atoms with van der Waals surface area (Å²) in [6.07, 6.45) is 0.716. The largest absolute Gasteiger partial charge is 0.365 e. The number of benzene rings is 1. The van der Waals surface area contributed by atoms with Crippen molar-refractivity contribution in [3.63, 3.8) is 0 Å². The van der Waals surface area contributed by atoms with Crippen LogP contribution >= 0.6 is 0 Å². The molecule has 12 heavy (non-hydrogen) atoms. The zero-order valence-electron chi connectivity index (χ0n) is 7.03. The molecule has 2 atom stereocenters. The monoisotopic (exact) mass is 164 g/mol. The molecule has 1 aliphatic rings. The third-order valence-electron chi connectivity index (χ3n) is 2.44. The summed E-state index contributed by atoms with van der Waals surface area (Å²) >= 11 is 0. The highest BCUT2D eigenvalue weighted by atomic mass is 16.6. The van der Waals surface area contributed by atoms with Gasteiger partial charge in [0.25, 0.3) is 0 Å². The van der Waals surface area contributed by atoms with Gasteiger partial charge in [0.05, 0.1) is 0 Å². The van der Waals surface area contributed by atoms with Crippen LogP contribution in [0.3, 0.4) is 0 Å². The van der Waals surface area contributed by atoms with Crippen LogP contribution in [0.15, 0.2) is 30.3 Å². The molecule has 2 rings (SSSR count). The summed E-state index contributed by atoms with van der Waals surface area (Å²) in [5.74, 6) is -0.717. The van der Waals surface area contributed by atoms with Gasteiger partial charge >= 0.3 is 0 Å². The van der Waals surface area contributed by atoms with Crippen molar-refractivity contribution in [1.29, 1.82) is 0 Å². The summed E-state index contributed by atoms with van der Waals surface area (Å²) in [5.41, 5.74) is 1.15. The summed E-state index contributed by atoms with van der Waals surface area (Å²) in [7, 11) is 1.54. The molecule has 0 radical (unpaired) electrons. The molecule has 1 aliphatic carbocycles. The molecule has 0 unspecified atom stereocenters. The molecular weight excluding hydrogens is 152 g/mol. The van der Waals surface area contributed by atoms with E-state index in [1.165, 1.54) is 0 Å². The number of methoxy groups -OCH3 is 1. The SMILES string of the molecule is CO[C@@]1(O)C[C@H]1c1ccccc1. The van der Waals surface area contributed by atoms with E-state index >= 15 is 0 Å². The van der Waals surface area contributed by atoms with Crippen molar-refractivity contribution >= 4 is 0 Å². The Labute approximate surface area is 71.8 Å². The lowest BCUT2D eigenvalue weighted by molar-refractivity contribution is -0.105. The average Bonchev–Trinajstić information content (AvgIpc) is 2.81. The van der Waals surface area contributed by atoms with E-state index in [1.54, 1.807) is 7.11 Å². The maximum absolute atomic E-state index is 9.63. The van der Waals surface area contributed by atoms with Gasteiger partial charge in [-0.2, -0.15) is 0 Å². The Morgan fingerprint density at radius 3 is 2.58 bits per heavy atom. The van der Waals surface area contributed by atoms with E-state index in [1.807, 2.05) is 30.3 Å². The number of rotatable bonds is 2. The van der Waals surface area contributed by atoms with Gasteiger partial charge in [0, 0.05) is 19.4 Å². The van der Waals surface area contributed by atoms with Gasteiger partial charge in [-0.25, -0.2) is 0 Å². The molecule has 0 saturated heterocycles. The lowest BCUT2D eigenvalue weighted by Crippen LogP contribution is -2.12. The van der Waals surface area contributed by atoms with Crippen molar-refractivity contribution in [2.24, 2.45) is 0 Å². The second kappa shape index (κ2) is 2.57. The second-order valence-electron chi connectivity index (χ2n) is 3.22. The van der Waals surface area contributed by atoms with E-state index in [9.17, 15) is 5.11 Å². The van der Waals surface area contributed by atoms with Gasteiger partial charge in [-0.05, 0) is 5.56 Å². The van der Waals surface area contributed by atoms with Crippen LogP contribution in [0.4, 0.5) is 0 Å². The highest BCUT2D eigenvalue weighted by molar-refractivity contribution is 5.28. The van der Waals surface area contributed by atoms with Crippen molar-refractivity contribution in [3.8, 4) is 0 Å². The van der Waals surface area contributed by atoms with Crippen molar-refractivity contribution in [1.82, 2.24) is 0 Å². The molecule has 1 aromatic rings. The molecule has 0 amide bonds. The second-order valence-corrected chi connectivity index (χ2v) is 3.22. The maximum atomic E-state index is 9.63. The fraction of sp³-hybridized carbons (Fsp3) is 0.400. The Morgan fingerprint density at radius 2 is 2.08 bits per heavy atom. The summed E-state index contributed by atoms with van der Waals surface area (Å²) in [4.78, 5) is 0. The molecule has 1 N–H and O–H groups in total. The van der Waals surface area contributed by atoms with Crippen LogP contribution in [0.1, 0.15) is 17.9 Å². The zero-order valence-corrected chi connectivity index (χ0v) is 7.03. The van der Waals surface area contributed by atoms with Crippen molar-refractivity contribution < 1.29 is 9.84 Å². The fourth-order valence-corrected chi connectivity index (χ4v) is 1.52. The Kier molecular flexibility index (Phi) is 1.67. The summed E-state index contributed by atoms with van der Waals surface area (Å²) < 4.78 is 4.97. The minimum absolute atomic E-state index is 0.170. The molecule has 0 bridgehead atoms. The molecule has 1 aromatic carbocycles. The average molecular weight is 164 g/mol. The van der Waals surface area contributed by atoms with Crippen LogP contribution in [-0.4, -0.2) is 18.0 Å². The highest BCUT2D eigenvalue weighted by Crippen LogP contribution is 2.51. The first-order valence-corrected chi connectivity index (χ1v) is 4.09. The smallest absolute Gasteiger partial charge is 0.172 e. The molecule has 0 aliphatic heterocycles. The minimum Gasteiger partial charge on any atom is -0.365 e. The fourth-order valence-electron chi connectivity index (χ4n) is 1.52. The van der Waals surface area contributed by atoms with Gasteiger partial charge in [0.1, 0.15) is 0 Å². The van der Waals surface area contributed by atoms with Crippen LogP contribution in [0, 0.1) is 0 Å². The molecular formula is C10H12O2.